The minimum absolute atomic E-state index is 0.0557. The molecule has 56 heavy (non-hydrogen) atoms. The molecule has 0 aromatic rings. The van der Waals surface area contributed by atoms with Crippen molar-refractivity contribution in [2.45, 2.75) is 211 Å². The largest absolute Gasteiger partial charge is 0.394 e. The summed E-state index contributed by atoms with van der Waals surface area (Å²) in [5.41, 5.74) is -3.36. The van der Waals surface area contributed by atoms with E-state index in [4.69, 9.17) is 23.7 Å². The van der Waals surface area contributed by atoms with Crippen LogP contribution in [0.25, 0.3) is 0 Å². The molecule has 0 radical (unpaired) electrons. The van der Waals surface area contributed by atoms with Gasteiger partial charge in [0, 0.05) is 0 Å². The average molecular weight is 801 g/mol. The third kappa shape index (κ3) is 6.49. The fourth-order valence-corrected chi connectivity index (χ4v) is 14.1. The molecule has 9 N–H and O–H groups in total. The van der Waals surface area contributed by atoms with Crippen molar-refractivity contribution >= 4 is 0 Å². The molecule has 4 saturated carbocycles. The van der Waals surface area contributed by atoms with E-state index in [1.54, 1.807) is 13.8 Å². The van der Waals surface area contributed by atoms with Gasteiger partial charge in [0.15, 0.2) is 12.6 Å². The number of aliphatic hydroxyl groups excluding tert-OH is 8. The Morgan fingerprint density at radius 2 is 1.41 bits per heavy atom. The van der Waals surface area contributed by atoms with Gasteiger partial charge in [-0.1, -0.05) is 34.6 Å². The van der Waals surface area contributed by atoms with Gasteiger partial charge in [0.1, 0.15) is 42.7 Å². The van der Waals surface area contributed by atoms with Crippen LogP contribution in [0.15, 0.2) is 0 Å². The van der Waals surface area contributed by atoms with Crippen molar-refractivity contribution in [2.24, 2.45) is 45.3 Å². The van der Waals surface area contributed by atoms with Crippen LogP contribution in [0.2, 0.25) is 0 Å². The SMILES string of the molecule is C[C@@H]1O[C@@H](O[C@H]2[C@H](O[C@H]3C[C@]4(C)[C@H](C[C@H](O)[C@@H]5[C@@H]([C@@]6(C)CC[C@H](C(C)(C)O)O6)CC[C@]54C)[C@@]4(C)CC[C@H](O)C(C)(C)[C@H]34)O[C@H](CO)[C@@H](O)[C@@H]2O)[C@H](O)[C@H](O)[C@H]1O. The number of ether oxygens (including phenoxy) is 5. The number of fused-ring (bicyclic) bond motifs is 5. The van der Waals surface area contributed by atoms with E-state index in [-0.39, 0.29) is 35.2 Å². The fourth-order valence-electron chi connectivity index (χ4n) is 14.1. The average Bonchev–Trinajstić information content (AvgIpc) is 3.71. The molecule has 0 unspecified atom stereocenters. The lowest BCUT2D eigenvalue weighted by molar-refractivity contribution is -0.382. The summed E-state index contributed by atoms with van der Waals surface area (Å²) >= 11 is 0. The van der Waals surface area contributed by atoms with Gasteiger partial charge in [0.2, 0.25) is 0 Å². The Labute approximate surface area is 331 Å². The molecule has 0 bridgehead atoms. The predicted octanol–water partition coefficient (Wildman–Crippen LogP) is 1.36. The van der Waals surface area contributed by atoms with E-state index < -0.39 is 114 Å². The highest BCUT2D eigenvalue weighted by atomic mass is 16.8. The van der Waals surface area contributed by atoms with Crippen molar-refractivity contribution in [1.29, 1.82) is 0 Å². The Morgan fingerprint density at radius 1 is 0.732 bits per heavy atom. The topological polar surface area (TPSA) is 228 Å². The molecule has 3 saturated heterocycles. The van der Waals surface area contributed by atoms with Gasteiger partial charge in [-0.05, 0) is 124 Å². The van der Waals surface area contributed by atoms with Crippen LogP contribution >= 0.6 is 0 Å². The highest BCUT2D eigenvalue weighted by Gasteiger charge is 2.74. The molecular formula is C42H72O14. The third-order valence-electron chi connectivity index (χ3n) is 17.3. The van der Waals surface area contributed by atoms with Gasteiger partial charge in [0.05, 0.1) is 48.3 Å². The highest BCUT2D eigenvalue weighted by Crippen LogP contribution is 2.76. The van der Waals surface area contributed by atoms with E-state index in [1.807, 2.05) is 0 Å². The van der Waals surface area contributed by atoms with Crippen molar-refractivity contribution in [3.63, 3.8) is 0 Å². The van der Waals surface area contributed by atoms with Crippen LogP contribution < -0.4 is 0 Å². The first-order valence-corrected chi connectivity index (χ1v) is 21.2. The maximum Gasteiger partial charge on any atom is 0.187 e. The number of hydrogen-bond donors (Lipinski definition) is 9. The molecule has 0 amide bonds. The molecule has 3 aliphatic heterocycles. The maximum atomic E-state index is 12.4. The van der Waals surface area contributed by atoms with Gasteiger partial charge < -0.3 is 69.6 Å². The Kier molecular flexibility index (Phi) is 11.3. The second-order valence-electron chi connectivity index (χ2n) is 21.2. The molecule has 7 rings (SSSR count). The molecule has 22 atom stereocenters. The number of hydrogen-bond acceptors (Lipinski definition) is 14. The molecule has 0 aromatic carbocycles. The Balaban J connectivity index is 1.26. The summed E-state index contributed by atoms with van der Waals surface area (Å²) in [5, 5.41) is 99.5. The second kappa shape index (κ2) is 14.5. The molecule has 14 heteroatoms. The van der Waals surface area contributed by atoms with Crippen molar-refractivity contribution in [1.82, 2.24) is 0 Å². The van der Waals surface area contributed by atoms with Crippen molar-refractivity contribution in [2.75, 3.05) is 6.61 Å². The van der Waals surface area contributed by atoms with E-state index in [9.17, 15) is 46.0 Å². The maximum absolute atomic E-state index is 12.4. The molecule has 0 spiro atoms. The summed E-state index contributed by atoms with van der Waals surface area (Å²) in [6.45, 7) is 17.6. The predicted molar refractivity (Wildman–Crippen MR) is 200 cm³/mol. The summed E-state index contributed by atoms with van der Waals surface area (Å²) in [6, 6.07) is 0. The van der Waals surface area contributed by atoms with E-state index in [0.717, 1.165) is 25.7 Å². The molecule has 7 fully saturated rings. The Hall–Kier alpha value is -0.560. The normalized spacial score (nSPS) is 57.3. The third-order valence-corrected chi connectivity index (χ3v) is 17.3. The van der Waals surface area contributed by atoms with Crippen LogP contribution in [-0.2, 0) is 23.7 Å². The van der Waals surface area contributed by atoms with E-state index in [1.165, 1.54) is 6.92 Å². The zero-order valence-electron chi connectivity index (χ0n) is 34.8. The smallest absolute Gasteiger partial charge is 0.187 e. The first-order valence-electron chi connectivity index (χ1n) is 21.2. The standard InChI is InChI=1S/C42H72O14/c1-19-28(46)30(48)32(50)35(52-19)55-33-31(49)29(47)23(18-43)54-36(33)53-22-17-41(8)24(39(6)13-11-25(45)37(2,3)34(22)39)16-21(44)27-20(10-14-40(27,41)7)42(9)15-12-26(56-42)38(4,5)51/h19-36,43-51H,10-18H2,1-9H3/t19-,20-,21-,22-,23+,24+,25-,26+,27-,28-,29+,30+,31-,32+,33+,34-,35-,36+,39+,40+,41+,42+/m0/s1. The van der Waals surface area contributed by atoms with Crippen molar-refractivity contribution < 1.29 is 69.6 Å². The van der Waals surface area contributed by atoms with Crippen LogP contribution in [0.3, 0.4) is 0 Å². The number of aliphatic hydroxyl groups is 9. The number of rotatable bonds is 7. The van der Waals surface area contributed by atoms with Crippen LogP contribution in [0.1, 0.15) is 114 Å². The monoisotopic (exact) mass is 800 g/mol. The van der Waals surface area contributed by atoms with Crippen molar-refractivity contribution in [3.8, 4) is 0 Å². The molecule has 4 aliphatic carbocycles. The summed E-state index contributed by atoms with van der Waals surface area (Å²) in [4.78, 5) is 0. The van der Waals surface area contributed by atoms with Gasteiger partial charge in [-0.25, -0.2) is 0 Å². The summed E-state index contributed by atoms with van der Waals surface area (Å²) in [5.74, 6) is -0.246. The first kappa shape index (κ1) is 43.5. The van der Waals surface area contributed by atoms with Crippen LogP contribution in [-0.4, -0.2) is 150 Å². The fraction of sp³-hybridized carbons (Fsp3) is 1.00. The second-order valence-corrected chi connectivity index (χ2v) is 21.2. The minimum atomic E-state index is -1.70. The van der Waals surface area contributed by atoms with Gasteiger partial charge in [-0.2, -0.15) is 0 Å². The molecule has 3 heterocycles. The zero-order valence-corrected chi connectivity index (χ0v) is 34.8. The lowest BCUT2D eigenvalue weighted by atomic mass is 9.34. The lowest BCUT2D eigenvalue weighted by Crippen LogP contribution is -2.71. The summed E-state index contributed by atoms with van der Waals surface area (Å²) in [7, 11) is 0. The molecular weight excluding hydrogens is 728 g/mol. The van der Waals surface area contributed by atoms with E-state index in [2.05, 4.69) is 41.5 Å². The molecule has 7 aliphatic rings. The molecule has 0 aromatic heterocycles. The van der Waals surface area contributed by atoms with Crippen LogP contribution in [0, 0.1) is 45.3 Å². The first-order chi connectivity index (χ1) is 25.9. The summed E-state index contributed by atoms with van der Waals surface area (Å²) in [6.07, 6.45) is -11.0. The van der Waals surface area contributed by atoms with E-state index in [0.29, 0.717) is 25.7 Å². The molecule has 14 nitrogen and oxygen atoms in total. The van der Waals surface area contributed by atoms with Gasteiger partial charge >= 0.3 is 0 Å². The Bertz CT molecular complexity index is 1430. The quantitative estimate of drug-likeness (QED) is 0.166. The van der Waals surface area contributed by atoms with E-state index >= 15 is 0 Å². The van der Waals surface area contributed by atoms with Gasteiger partial charge in [-0.15, -0.1) is 0 Å². The zero-order chi connectivity index (χ0) is 41.3. The van der Waals surface area contributed by atoms with Gasteiger partial charge in [-0.3, -0.25) is 0 Å². The summed E-state index contributed by atoms with van der Waals surface area (Å²) < 4.78 is 32.0. The minimum Gasteiger partial charge on any atom is -0.394 e. The van der Waals surface area contributed by atoms with Crippen molar-refractivity contribution in [3.05, 3.63) is 0 Å². The van der Waals surface area contributed by atoms with Crippen LogP contribution in [0.4, 0.5) is 0 Å². The Morgan fingerprint density at radius 3 is 2.04 bits per heavy atom. The van der Waals surface area contributed by atoms with Gasteiger partial charge in [0.25, 0.3) is 0 Å². The van der Waals surface area contributed by atoms with Crippen LogP contribution in [0.5, 0.6) is 0 Å². The highest BCUT2D eigenvalue weighted by molar-refractivity contribution is 5.22. The molecule has 324 valence electrons. The lowest BCUT2D eigenvalue weighted by Gasteiger charge is -2.72.